The van der Waals surface area contributed by atoms with Crippen molar-refractivity contribution < 1.29 is 0 Å². The van der Waals surface area contributed by atoms with Crippen molar-refractivity contribution in [2.24, 2.45) is 0 Å². The second-order valence-corrected chi connectivity index (χ2v) is 4.19. The van der Waals surface area contributed by atoms with Crippen molar-refractivity contribution >= 4 is 17.8 Å². The van der Waals surface area contributed by atoms with E-state index < -0.39 is 0 Å². The van der Waals surface area contributed by atoms with E-state index in [0.29, 0.717) is 11.3 Å². The molecule has 1 N–H and O–H groups in total. The van der Waals surface area contributed by atoms with Crippen LogP contribution in [0.2, 0.25) is 5.28 Å². The third-order valence-electron chi connectivity index (χ3n) is 2.58. The smallest absolute Gasteiger partial charge is 0.223 e. The highest BCUT2D eigenvalue weighted by atomic mass is 35.5. The standard InChI is InChI=1S/C13H12ClN3/c1-8-3-5-10(6-4-8)12-11(7-15)9(2)16-13(14)17-12/h3-7,15H,1-2H3. The minimum Gasteiger partial charge on any atom is -0.308 e. The van der Waals surface area contributed by atoms with Crippen LogP contribution < -0.4 is 0 Å². The van der Waals surface area contributed by atoms with Crippen LogP contribution in [0.25, 0.3) is 11.3 Å². The van der Waals surface area contributed by atoms with Crippen molar-refractivity contribution in [2.45, 2.75) is 13.8 Å². The summed E-state index contributed by atoms with van der Waals surface area (Å²) in [4.78, 5) is 8.26. The van der Waals surface area contributed by atoms with Gasteiger partial charge in [-0.2, -0.15) is 0 Å². The van der Waals surface area contributed by atoms with Gasteiger partial charge in [-0.25, -0.2) is 9.97 Å². The number of halogens is 1. The fourth-order valence-electron chi connectivity index (χ4n) is 1.65. The minimum atomic E-state index is 0.212. The van der Waals surface area contributed by atoms with Crippen molar-refractivity contribution in [2.75, 3.05) is 0 Å². The van der Waals surface area contributed by atoms with Gasteiger partial charge in [0.25, 0.3) is 0 Å². The van der Waals surface area contributed by atoms with Gasteiger partial charge in [-0.05, 0) is 25.4 Å². The first kappa shape index (κ1) is 11.7. The predicted molar refractivity (Wildman–Crippen MR) is 69.8 cm³/mol. The average molecular weight is 246 g/mol. The Bertz CT molecular complexity index is 562. The first-order chi connectivity index (χ1) is 8.11. The van der Waals surface area contributed by atoms with E-state index in [1.807, 2.05) is 38.1 Å². The number of benzene rings is 1. The Kier molecular flexibility index (Phi) is 3.20. The van der Waals surface area contributed by atoms with Crippen LogP contribution in [0.4, 0.5) is 0 Å². The van der Waals surface area contributed by atoms with Gasteiger partial charge in [-0.3, -0.25) is 0 Å². The molecule has 0 saturated carbocycles. The number of rotatable bonds is 2. The Labute approximate surface area is 105 Å². The second-order valence-electron chi connectivity index (χ2n) is 3.85. The quantitative estimate of drug-likeness (QED) is 0.651. The van der Waals surface area contributed by atoms with Gasteiger partial charge < -0.3 is 5.41 Å². The van der Waals surface area contributed by atoms with Gasteiger partial charge in [0.05, 0.1) is 11.4 Å². The Morgan fingerprint density at radius 3 is 2.35 bits per heavy atom. The van der Waals surface area contributed by atoms with E-state index in [-0.39, 0.29) is 5.28 Å². The van der Waals surface area contributed by atoms with Gasteiger partial charge in [-0.1, -0.05) is 29.8 Å². The van der Waals surface area contributed by atoms with E-state index in [4.69, 9.17) is 17.0 Å². The summed E-state index contributed by atoms with van der Waals surface area (Å²) in [6, 6.07) is 7.96. The van der Waals surface area contributed by atoms with Gasteiger partial charge >= 0.3 is 0 Å². The molecule has 3 nitrogen and oxygen atoms in total. The average Bonchev–Trinajstić information content (AvgIpc) is 2.29. The molecule has 86 valence electrons. The van der Waals surface area contributed by atoms with E-state index in [9.17, 15) is 0 Å². The van der Waals surface area contributed by atoms with Crippen LogP contribution in [0, 0.1) is 19.3 Å². The SMILES string of the molecule is Cc1ccc(-c2nc(Cl)nc(C)c2C=N)cc1. The molecule has 0 aliphatic rings. The fraction of sp³-hybridized carbons (Fsp3) is 0.154. The number of hydrogen-bond donors (Lipinski definition) is 1. The van der Waals surface area contributed by atoms with Crippen molar-refractivity contribution in [3.8, 4) is 11.3 Å². The van der Waals surface area contributed by atoms with Crippen molar-refractivity contribution in [1.82, 2.24) is 9.97 Å². The molecular formula is C13H12ClN3. The summed E-state index contributed by atoms with van der Waals surface area (Å²) in [5.74, 6) is 0. The maximum Gasteiger partial charge on any atom is 0.223 e. The highest BCUT2D eigenvalue weighted by molar-refractivity contribution is 6.28. The van der Waals surface area contributed by atoms with Crippen molar-refractivity contribution in [3.05, 3.63) is 46.4 Å². The lowest BCUT2D eigenvalue weighted by atomic mass is 10.0. The lowest BCUT2D eigenvalue weighted by Gasteiger charge is -2.08. The lowest BCUT2D eigenvalue weighted by molar-refractivity contribution is 1.10. The lowest BCUT2D eigenvalue weighted by Crippen LogP contribution is -1.99. The third kappa shape index (κ3) is 2.34. The first-order valence-electron chi connectivity index (χ1n) is 5.23. The van der Waals surface area contributed by atoms with Gasteiger partial charge in [0.2, 0.25) is 5.28 Å². The molecule has 0 aliphatic heterocycles. The zero-order chi connectivity index (χ0) is 12.4. The van der Waals surface area contributed by atoms with E-state index in [0.717, 1.165) is 11.3 Å². The number of aromatic nitrogens is 2. The molecule has 0 amide bonds. The van der Waals surface area contributed by atoms with E-state index >= 15 is 0 Å². The van der Waals surface area contributed by atoms with Gasteiger partial charge in [-0.15, -0.1) is 0 Å². The molecule has 1 aromatic carbocycles. The second kappa shape index (κ2) is 4.63. The summed E-state index contributed by atoms with van der Waals surface area (Å²) < 4.78 is 0. The predicted octanol–water partition coefficient (Wildman–Crippen LogP) is 3.41. The van der Waals surface area contributed by atoms with Crippen LogP contribution in [0.1, 0.15) is 16.8 Å². The Morgan fingerprint density at radius 1 is 1.12 bits per heavy atom. The molecule has 0 fully saturated rings. The molecular weight excluding hydrogens is 234 g/mol. The molecule has 0 unspecified atom stereocenters. The highest BCUT2D eigenvalue weighted by Crippen LogP contribution is 2.23. The molecule has 0 saturated heterocycles. The normalized spacial score (nSPS) is 10.3. The van der Waals surface area contributed by atoms with Crippen LogP contribution in [0.5, 0.6) is 0 Å². The van der Waals surface area contributed by atoms with Crippen LogP contribution in [0.15, 0.2) is 24.3 Å². The first-order valence-corrected chi connectivity index (χ1v) is 5.61. The Balaban J connectivity index is 2.65. The molecule has 0 atom stereocenters. The molecule has 2 rings (SSSR count). The van der Waals surface area contributed by atoms with Gasteiger partial charge in [0, 0.05) is 17.3 Å². The molecule has 0 aliphatic carbocycles. The largest absolute Gasteiger partial charge is 0.308 e. The van der Waals surface area contributed by atoms with Crippen LogP contribution in [-0.4, -0.2) is 16.2 Å². The molecule has 0 spiro atoms. The molecule has 0 bridgehead atoms. The molecule has 2 aromatic rings. The third-order valence-corrected chi connectivity index (χ3v) is 2.75. The maximum absolute atomic E-state index is 7.44. The van der Waals surface area contributed by atoms with Crippen LogP contribution in [-0.2, 0) is 0 Å². The number of hydrogen-bond acceptors (Lipinski definition) is 3. The highest BCUT2D eigenvalue weighted by Gasteiger charge is 2.10. The Morgan fingerprint density at radius 2 is 1.76 bits per heavy atom. The monoisotopic (exact) mass is 245 g/mol. The molecule has 0 radical (unpaired) electrons. The van der Waals surface area contributed by atoms with Gasteiger partial charge in [0.15, 0.2) is 0 Å². The topological polar surface area (TPSA) is 49.6 Å². The number of aryl methyl sites for hydroxylation is 2. The summed E-state index contributed by atoms with van der Waals surface area (Å²) in [5, 5.41) is 7.65. The van der Waals surface area contributed by atoms with Gasteiger partial charge in [0.1, 0.15) is 0 Å². The van der Waals surface area contributed by atoms with Crippen LogP contribution >= 0.6 is 11.6 Å². The summed E-state index contributed by atoms with van der Waals surface area (Å²) in [5.41, 5.74) is 4.26. The Hall–Kier alpha value is -1.74. The molecule has 1 aromatic heterocycles. The van der Waals surface area contributed by atoms with Crippen molar-refractivity contribution in [1.29, 1.82) is 5.41 Å². The molecule has 1 heterocycles. The fourth-order valence-corrected chi connectivity index (χ4v) is 1.86. The molecule has 4 heteroatoms. The summed E-state index contributed by atoms with van der Waals surface area (Å²) in [6.45, 7) is 3.85. The number of nitrogens with one attached hydrogen (secondary N) is 1. The zero-order valence-corrected chi connectivity index (χ0v) is 10.4. The zero-order valence-electron chi connectivity index (χ0n) is 9.66. The summed E-state index contributed by atoms with van der Waals surface area (Å²) in [7, 11) is 0. The van der Waals surface area contributed by atoms with Crippen molar-refractivity contribution in [3.63, 3.8) is 0 Å². The number of nitrogens with zero attached hydrogens (tertiary/aromatic N) is 2. The minimum absolute atomic E-state index is 0.212. The summed E-state index contributed by atoms with van der Waals surface area (Å²) in [6.07, 6.45) is 1.26. The van der Waals surface area contributed by atoms with E-state index in [1.54, 1.807) is 0 Å². The summed E-state index contributed by atoms with van der Waals surface area (Å²) >= 11 is 5.86. The van der Waals surface area contributed by atoms with E-state index in [2.05, 4.69) is 9.97 Å². The maximum atomic E-state index is 7.44. The molecule has 17 heavy (non-hydrogen) atoms. The van der Waals surface area contributed by atoms with Crippen LogP contribution in [0.3, 0.4) is 0 Å². The van der Waals surface area contributed by atoms with E-state index in [1.165, 1.54) is 11.8 Å².